The molecule has 1 aliphatic heterocycles. The molecule has 0 bridgehead atoms. The second-order valence-corrected chi connectivity index (χ2v) is 8.18. The van der Waals surface area contributed by atoms with E-state index in [0.29, 0.717) is 19.1 Å². The Hall–Kier alpha value is -2.66. The molecule has 0 aliphatic carbocycles. The lowest BCUT2D eigenvalue weighted by Gasteiger charge is -2.27. The highest BCUT2D eigenvalue weighted by Gasteiger charge is 2.25. The molecule has 0 aromatic heterocycles. The quantitative estimate of drug-likeness (QED) is 0.782. The van der Waals surface area contributed by atoms with Crippen LogP contribution in [0.1, 0.15) is 50.7 Å². The molecule has 1 fully saturated rings. The molecule has 154 valence electrons. The number of anilines is 2. The average molecular weight is 395 g/mol. The van der Waals surface area contributed by atoms with Crippen molar-refractivity contribution in [1.82, 2.24) is 0 Å². The first-order valence-corrected chi connectivity index (χ1v) is 10.3. The first-order valence-electron chi connectivity index (χ1n) is 10.3. The van der Waals surface area contributed by atoms with Gasteiger partial charge in [-0.1, -0.05) is 52.0 Å². The molecule has 1 heterocycles. The lowest BCUT2D eigenvalue weighted by molar-refractivity contribution is -0.125. The van der Waals surface area contributed by atoms with E-state index in [0.717, 1.165) is 16.9 Å². The van der Waals surface area contributed by atoms with Gasteiger partial charge in [-0.25, -0.2) is 0 Å². The van der Waals surface area contributed by atoms with Crippen molar-refractivity contribution in [2.45, 2.75) is 39.5 Å². The SMILES string of the molecule is CC(C)c1ccc(C(C(=O)Nc2ccc(N3CCOCC3=O)cc2)C(C)C)cc1. The van der Waals surface area contributed by atoms with E-state index in [9.17, 15) is 9.59 Å². The Balaban J connectivity index is 1.72. The molecule has 5 heteroatoms. The second kappa shape index (κ2) is 9.23. The largest absolute Gasteiger partial charge is 0.370 e. The predicted octanol–water partition coefficient (Wildman–Crippen LogP) is 4.55. The lowest BCUT2D eigenvalue weighted by atomic mass is 9.86. The van der Waals surface area contributed by atoms with Crippen LogP contribution in [0, 0.1) is 5.92 Å². The smallest absolute Gasteiger partial charge is 0.253 e. The van der Waals surface area contributed by atoms with Crippen LogP contribution < -0.4 is 10.2 Å². The van der Waals surface area contributed by atoms with Crippen LogP contribution in [0.4, 0.5) is 11.4 Å². The number of nitrogens with one attached hydrogen (secondary N) is 1. The van der Waals surface area contributed by atoms with Gasteiger partial charge in [-0.2, -0.15) is 0 Å². The summed E-state index contributed by atoms with van der Waals surface area (Å²) < 4.78 is 5.17. The third-order valence-corrected chi connectivity index (χ3v) is 5.34. The molecular formula is C24H30N2O3. The number of amides is 2. The monoisotopic (exact) mass is 394 g/mol. The molecule has 2 aromatic carbocycles. The highest BCUT2D eigenvalue weighted by atomic mass is 16.5. The summed E-state index contributed by atoms with van der Waals surface area (Å²) in [7, 11) is 0. The third-order valence-electron chi connectivity index (χ3n) is 5.34. The van der Waals surface area contributed by atoms with Crippen molar-refractivity contribution < 1.29 is 14.3 Å². The molecule has 1 atom stereocenters. The minimum absolute atomic E-state index is 0.0208. The van der Waals surface area contributed by atoms with E-state index < -0.39 is 0 Å². The molecule has 29 heavy (non-hydrogen) atoms. The minimum atomic E-state index is -0.225. The first-order chi connectivity index (χ1) is 13.9. The topological polar surface area (TPSA) is 58.6 Å². The fourth-order valence-corrected chi connectivity index (χ4v) is 3.66. The van der Waals surface area contributed by atoms with E-state index in [1.54, 1.807) is 4.90 Å². The molecule has 1 N–H and O–H groups in total. The molecule has 0 spiro atoms. The number of hydrogen-bond acceptors (Lipinski definition) is 3. The van der Waals surface area contributed by atoms with E-state index in [1.807, 2.05) is 24.3 Å². The molecular weight excluding hydrogens is 364 g/mol. The first kappa shape index (κ1) is 21.1. The highest BCUT2D eigenvalue weighted by Crippen LogP contribution is 2.28. The number of benzene rings is 2. The molecule has 3 rings (SSSR count). The van der Waals surface area contributed by atoms with Crippen molar-refractivity contribution in [3.63, 3.8) is 0 Å². The van der Waals surface area contributed by atoms with Crippen molar-refractivity contribution in [2.75, 3.05) is 30.0 Å². The average Bonchev–Trinajstić information content (AvgIpc) is 2.69. The molecule has 2 amide bonds. The minimum Gasteiger partial charge on any atom is -0.370 e. The van der Waals surface area contributed by atoms with Gasteiger partial charge in [0.2, 0.25) is 5.91 Å². The van der Waals surface area contributed by atoms with Gasteiger partial charge in [-0.05, 0) is 47.2 Å². The van der Waals surface area contributed by atoms with Crippen LogP contribution >= 0.6 is 0 Å². The molecule has 1 aliphatic rings. The summed E-state index contributed by atoms with van der Waals surface area (Å²) in [6.45, 7) is 9.65. The molecule has 5 nitrogen and oxygen atoms in total. The summed E-state index contributed by atoms with van der Waals surface area (Å²) in [5.41, 5.74) is 3.84. The number of nitrogens with zero attached hydrogens (tertiary/aromatic N) is 1. The zero-order valence-corrected chi connectivity index (χ0v) is 17.6. The van der Waals surface area contributed by atoms with Gasteiger partial charge in [0.15, 0.2) is 0 Å². The Morgan fingerprint density at radius 1 is 0.966 bits per heavy atom. The van der Waals surface area contributed by atoms with Gasteiger partial charge in [0.25, 0.3) is 5.91 Å². The summed E-state index contributed by atoms with van der Waals surface area (Å²) in [6, 6.07) is 15.7. The Labute approximate surface area is 173 Å². The third kappa shape index (κ3) is 5.04. The normalized spacial score (nSPS) is 15.7. The van der Waals surface area contributed by atoms with Crippen LogP contribution in [-0.2, 0) is 14.3 Å². The summed E-state index contributed by atoms with van der Waals surface area (Å²) in [4.78, 5) is 26.7. The number of morpholine rings is 1. The number of rotatable bonds is 6. The Kier molecular flexibility index (Phi) is 6.70. The molecule has 1 saturated heterocycles. The van der Waals surface area contributed by atoms with Gasteiger partial charge >= 0.3 is 0 Å². The van der Waals surface area contributed by atoms with Crippen LogP contribution in [0.15, 0.2) is 48.5 Å². The standard InChI is InChI=1S/C24H30N2O3/c1-16(2)18-5-7-19(8-6-18)23(17(3)4)24(28)25-20-9-11-21(12-10-20)26-13-14-29-15-22(26)27/h5-12,16-17,23H,13-15H2,1-4H3,(H,25,28). The van der Waals surface area contributed by atoms with Crippen LogP contribution in [-0.4, -0.2) is 31.6 Å². The number of hydrogen-bond donors (Lipinski definition) is 1. The van der Waals surface area contributed by atoms with Gasteiger partial charge in [-0.3, -0.25) is 9.59 Å². The van der Waals surface area contributed by atoms with Crippen molar-refractivity contribution in [3.05, 3.63) is 59.7 Å². The van der Waals surface area contributed by atoms with Gasteiger partial charge < -0.3 is 15.0 Å². The zero-order valence-electron chi connectivity index (χ0n) is 17.6. The fourth-order valence-electron chi connectivity index (χ4n) is 3.66. The van der Waals surface area contributed by atoms with Gasteiger partial charge in [-0.15, -0.1) is 0 Å². The van der Waals surface area contributed by atoms with E-state index in [1.165, 1.54) is 5.56 Å². The van der Waals surface area contributed by atoms with Gasteiger partial charge in [0.05, 0.1) is 12.5 Å². The van der Waals surface area contributed by atoms with Gasteiger partial charge in [0.1, 0.15) is 6.61 Å². The van der Waals surface area contributed by atoms with Crippen molar-refractivity contribution >= 4 is 23.2 Å². The molecule has 2 aromatic rings. The number of carbonyl (C=O) groups is 2. The van der Waals surface area contributed by atoms with Crippen molar-refractivity contribution in [2.24, 2.45) is 5.92 Å². The maximum atomic E-state index is 13.0. The predicted molar refractivity (Wildman–Crippen MR) is 116 cm³/mol. The van der Waals surface area contributed by atoms with Crippen LogP contribution in [0.2, 0.25) is 0 Å². The van der Waals surface area contributed by atoms with E-state index in [2.05, 4.69) is 57.3 Å². The zero-order chi connectivity index (χ0) is 21.0. The van der Waals surface area contributed by atoms with E-state index >= 15 is 0 Å². The number of ether oxygens (including phenoxy) is 1. The van der Waals surface area contributed by atoms with Crippen LogP contribution in [0.25, 0.3) is 0 Å². The van der Waals surface area contributed by atoms with Crippen LogP contribution in [0.3, 0.4) is 0 Å². The Bertz CT molecular complexity index is 841. The second-order valence-electron chi connectivity index (χ2n) is 8.18. The summed E-state index contributed by atoms with van der Waals surface area (Å²) in [5, 5.41) is 3.03. The maximum absolute atomic E-state index is 13.0. The fraction of sp³-hybridized carbons (Fsp3) is 0.417. The van der Waals surface area contributed by atoms with Crippen molar-refractivity contribution in [3.8, 4) is 0 Å². The van der Waals surface area contributed by atoms with E-state index in [-0.39, 0.29) is 30.3 Å². The maximum Gasteiger partial charge on any atom is 0.253 e. The highest BCUT2D eigenvalue weighted by molar-refractivity contribution is 5.97. The summed E-state index contributed by atoms with van der Waals surface area (Å²) in [6.07, 6.45) is 0. The Morgan fingerprint density at radius 3 is 2.14 bits per heavy atom. The number of carbonyl (C=O) groups excluding carboxylic acids is 2. The summed E-state index contributed by atoms with van der Waals surface area (Å²) >= 11 is 0. The van der Waals surface area contributed by atoms with Crippen LogP contribution in [0.5, 0.6) is 0 Å². The van der Waals surface area contributed by atoms with Crippen molar-refractivity contribution in [1.29, 1.82) is 0 Å². The molecule has 0 radical (unpaired) electrons. The summed E-state index contributed by atoms with van der Waals surface area (Å²) in [5.74, 6) is 0.347. The molecule has 1 unspecified atom stereocenters. The lowest BCUT2D eigenvalue weighted by Crippen LogP contribution is -2.41. The Morgan fingerprint density at radius 2 is 1.59 bits per heavy atom. The van der Waals surface area contributed by atoms with Gasteiger partial charge in [0, 0.05) is 17.9 Å². The van der Waals surface area contributed by atoms with E-state index in [4.69, 9.17) is 4.74 Å². The molecule has 0 saturated carbocycles.